The number of halogens is 1. The molecule has 1 aliphatic heterocycles. The molecule has 1 aromatic heterocycles. The number of carboxylic acid groups (broad SMARTS) is 1. The summed E-state index contributed by atoms with van der Waals surface area (Å²) in [4.78, 5) is 39.7. The molecule has 29 heavy (non-hydrogen) atoms. The van der Waals surface area contributed by atoms with Crippen LogP contribution in [0.15, 0.2) is 23.1 Å². The standard InChI is InChI=1S/C21H26FN3O4/c1-4-23-12-15(21(28)29)20(27)14-10-16(22)18(11-17(14)23)24-5-7-25(8-6-24)19(26)9-13(2)3/h10-13H,4-9H2,1-3H3,(H,28,29). The summed E-state index contributed by atoms with van der Waals surface area (Å²) in [5.74, 6) is -1.49. The van der Waals surface area contributed by atoms with Crippen molar-refractivity contribution in [3.8, 4) is 0 Å². The van der Waals surface area contributed by atoms with E-state index in [0.717, 1.165) is 6.07 Å². The predicted molar refractivity (Wildman–Crippen MR) is 109 cm³/mol. The number of carbonyl (C=O) groups is 2. The highest BCUT2D eigenvalue weighted by Crippen LogP contribution is 2.26. The van der Waals surface area contributed by atoms with Crippen molar-refractivity contribution in [1.82, 2.24) is 9.47 Å². The third-order valence-corrected chi connectivity index (χ3v) is 5.28. The fraction of sp³-hybridized carbons (Fsp3) is 0.476. The third kappa shape index (κ3) is 4.11. The lowest BCUT2D eigenvalue weighted by molar-refractivity contribution is -0.132. The number of rotatable bonds is 5. The van der Waals surface area contributed by atoms with Gasteiger partial charge in [-0.2, -0.15) is 0 Å². The summed E-state index contributed by atoms with van der Waals surface area (Å²) in [7, 11) is 0. The molecule has 0 radical (unpaired) electrons. The van der Waals surface area contributed by atoms with Gasteiger partial charge in [0.2, 0.25) is 11.3 Å². The van der Waals surface area contributed by atoms with Crippen LogP contribution < -0.4 is 10.3 Å². The van der Waals surface area contributed by atoms with Gasteiger partial charge in [0.1, 0.15) is 11.4 Å². The molecule has 8 heteroatoms. The van der Waals surface area contributed by atoms with Crippen molar-refractivity contribution in [2.24, 2.45) is 5.92 Å². The van der Waals surface area contributed by atoms with E-state index in [0.29, 0.717) is 56.3 Å². The predicted octanol–water partition coefficient (Wildman–Crippen LogP) is 2.55. The molecule has 0 saturated carbocycles. The average molecular weight is 403 g/mol. The third-order valence-electron chi connectivity index (χ3n) is 5.28. The lowest BCUT2D eigenvalue weighted by atomic mass is 10.1. The van der Waals surface area contributed by atoms with Crippen LogP contribution in [0.25, 0.3) is 10.9 Å². The molecule has 0 bridgehead atoms. The summed E-state index contributed by atoms with van der Waals surface area (Å²) >= 11 is 0. The fourth-order valence-electron chi connectivity index (χ4n) is 3.73. The number of nitrogens with zero attached hydrogens (tertiary/aromatic N) is 3. The average Bonchev–Trinajstić information content (AvgIpc) is 2.67. The second-order valence-corrected chi connectivity index (χ2v) is 7.75. The lowest BCUT2D eigenvalue weighted by Gasteiger charge is -2.36. The highest BCUT2D eigenvalue weighted by atomic mass is 19.1. The zero-order valence-electron chi connectivity index (χ0n) is 16.9. The number of anilines is 1. The molecule has 2 heterocycles. The Morgan fingerprint density at radius 2 is 1.83 bits per heavy atom. The van der Waals surface area contributed by atoms with Crippen LogP contribution in [0.3, 0.4) is 0 Å². The van der Waals surface area contributed by atoms with E-state index < -0.39 is 17.2 Å². The van der Waals surface area contributed by atoms with Gasteiger partial charge in [0.15, 0.2) is 0 Å². The maximum absolute atomic E-state index is 14.9. The molecule has 156 valence electrons. The van der Waals surface area contributed by atoms with E-state index >= 15 is 0 Å². The number of aromatic carboxylic acids is 1. The summed E-state index contributed by atoms with van der Waals surface area (Å²) in [5, 5.41) is 9.30. The van der Waals surface area contributed by atoms with Crippen LogP contribution in [0, 0.1) is 11.7 Å². The molecular formula is C21H26FN3O4. The minimum atomic E-state index is -1.33. The molecule has 7 nitrogen and oxygen atoms in total. The van der Waals surface area contributed by atoms with Crippen LogP contribution in [0.1, 0.15) is 37.6 Å². The first-order valence-electron chi connectivity index (χ1n) is 9.85. The normalized spacial score (nSPS) is 14.7. The molecule has 1 fully saturated rings. The van der Waals surface area contributed by atoms with Crippen LogP contribution in [-0.4, -0.2) is 52.6 Å². The van der Waals surface area contributed by atoms with Crippen molar-refractivity contribution < 1.29 is 19.1 Å². The lowest BCUT2D eigenvalue weighted by Crippen LogP contribution is -2.49. The SMILES string of the molecule is CCn1cc(C(=O)O)c(=O)c2cc(F)c(N3CCN(C(=O)CC(C)C)CC3)cc21. The minimum absolute atomic E-state index is 0.0544. The molecule has 0 unspecified atom stereocenters. The molecule has 3 rings (SSSR count). The Morgan fingerprint density at radius 3 is 2.38 bits per heavy atom. The number of hydrogen-bond acceptors (Lipinski definition) is 4. The number of carboxylic acids is 1. The monoisotopic (exact) mass is 403 g/mol. The van der Waals surface area contributed by atoms with Gasteiger partial charge in [-0.15, -0.1) is 0 Å². The zero-order valence-corrected chi connectivity index (χ0v) is 16.9. The highest BCUT2D eigenvalue weighted by Gasteiger charge is 2.24. The Morgan fingerprint density at radius 1 is 1.17 bits per heavy atom. The van der Waals surface area contributed by atoms with Gasteiger partial charge in [0, 0.05) is 50.7 Å². The van der Waals surface area contributed by atoms with Crippen molar-refractivity contribution >= 4 is 28.5 Å². The number of aryl methyl sites for hydroxylation is 1. The number of carbonyl (C=O) groups excluding carboxylic acids is 1. The highest BCUT2D eigenvalue weighted by molar-refractivity contribution is 5.93. The molecule has 0 spiro atoms. The fourth-order valence-corrected chi connectivity index (χ4v) is 3.73. The van der Waals surface area contributed by atoms with E-state index in [-0.39, 0.29) is 16.9 Å². The molecular weight excluding hydrogens is 377 g/mol. The van der Waals surface area contributed by atoms with Crippen LogP contribution >= 0.6 is 0 Å². The molecule has 1 saturated heterocycles. The van der Waals surface area contributed by atoms with Gasteiger partial charge in [-0.1, -0.05) is 13.8 Å². The Labute approximate surface area is 168 Å². The van der Waals surface area contributed by atoms with Gasteiger partial charge in [-0.25, -0.2) is 9.18 Å². The van der Waals surface area contributed by atoms with Crippen LogP contribution in [0.2, 0.25) is 0 Å². The maximum atomic E-state index is 14.9. The second kappa shape index (κ2) is 8.23. The molecule has 1 aliphatic rings. The van der Waals surface area contributed by atoms with E-state index in [1.165, 1.54) is 6.20 Å². The summed E-state index contributed by atoms with van der Waals surface area (Å²) in [6.07, 6.45) is 1.80. The van der Waals surface area contributed by atoms with E-state index in [1.54, 1.807) is 15.5 Å². The van der Waals surface area contributed by atoms with Crippen LogP contribution in [0.5, 0.6) is 0 Å². The first-order chi connectivity index (χ1) is 13.7. The van der Waals surface area contributed by atoms with Crippen molar-refractivity contribution in [2.75, 3.05) is 31.1 Å². The summed E-state index contributed by atoms with van der Waals surface area (Å²) in [5.41, 5.74) is -0.203. The van der Waals surface area contributed by atoms with E-state index in [2.05, 4.69) is 0 Å². The van der Waals surface area contributed by atoms with Crippen molar-refractivity contribution in [3.05, 3.63) is 39.9 Å². The van der Waals surface area contributed by atoms with Gasteiger partial charge in [0.05, 0.1) is 11.2 Å². The largest absolute Gasteiger partial charge is 0.477 e. The van der Waals surface area contributed by atoms with Gasteiger partial charge in [-0.05, 0) is 25.0 Å². The van der Waals surface area contributed by atoms with E-state index in [9.17, 15) is 23.9 Å². The maximum Gasteiger partial charge on any atom is 0.341 e. The Balaban J connectivity index is 1.93. The number of hydrogen-bond donors (Lipinski definition) is 1. The second-order valence-electron chi connectivity index (χ2n) is 7.75. The molecule has 0 atom stereocenters. The first-order valence-corrected chi connectivity index (χ1v) is 9.85. The quantitative estimate of drug-likeness (QED) is 0.830. The van der Waals surface area contributed by atoms with Gasteiger partial charge < -0.3 is 19.5 Å². The number of piperazine rings is 1. The molecule has 2 aromatic rings. The van der Waals surface area contributed by atoms with Crippen LogP contribution in [0.4, 0.5) is 10.1 Å². The number of pyridine rings is 1. The molecule has 1 N–H and O–H groups in total. The Kier molecular flexibility index (Phi) is 5.91. The zero-order chi connectivity index (χ0) is 21.3. The summed E-state index contributed by atoms with van der Waals surface area (Å²) in [6, 6.07) is 2.73. The minimum Gasteiger partial charge on any atom is -0.477 e. The van der Waals surface area contributed by atoms with Gasteiger partial charge >= 0.3 is 5.97 Å². The topological polar surface area (TPSA) is 82.8 Å². The first kappa shape index (κ1) is 20.8. The molecule has 0 aliphatic carbocycles. The Hall–Kier alpha value is -2.90. The van der Waals surface area contributed by atoms with Gasteiger partial charge in [-0.3, -0.25) is 9.59 Å². The van der Waals surface area contributed by atoms with Crippen molar-refractivity contribution in [3.63, 3.8) is 0 Å². The van der Waals surface area contributed by atoms with E-state index in [4.69, 9.17) is 0 Å². The van der Waals surface area contributed by atoms with E-state index in [1.807, 2.05) is 25.7 Å². The molecule has 1 aromatic carbocycles. The van der Waals surface area contributed by atoms with Crippen LogP contribution in [-0.2, 0) is 11.3 Å². The van der Waals surface area contributed by atoms with Gasteiger partial charge in [0.25, 0.3) is 0 Å². The number of benzene rings is 1. The smallest absolute Gasteiger partial charge is 0.341 e. The van der Waals surface area contributed by atoms with Crippen molar-refractivity contribution in [2.45, 2.75) is 33.7 Å². The summed E-state index contributed by atoms with van der Waals surface area (Å²) < 4.78 is 16.5. The number of amides is 1. The number of aromatic nitrogens is 1. The van der Waals surface area contributed by atoms with Crippen molar-refractivity contribution in [1.29, 1.82) is 0 Å². The molecule has 1 amide bonds. The Bertz CT molecular complexity index is 1010. The summed E-state index contributed by atoms with van der Waals surface area (Å²) in [6.45, 7) is 8.30. The number of fused-ring (bicyclic) bond motifs is 1.